The molecule has 4 aromatic rings. The second-order valence-electron chi connectivity index (χ2n) is 6.77. The number of carbonyl (C=O) groups is 2. The number of rotatable bonds is 6. The molecule has 0 aliphatic rings. The second kappa shape index (κ2) is 9.17. The first-order chi connectivity index (χ1) is 15.0. The third kappa shape index (κ3) is 4.69. The predicted molar refractivity (Wildman–Crippen MR) is 123 cm³/mol. The largest absolute Gasteiger partial charge is 0.457 e. The summed E-state index contributed by atoms with van der Waals surface area (Å²) in [5.41, 5.74) is 1.94. The van der Waals surface area contributed by atoms with Crippen LogP contribution in [0.25, 0.3) is 0 Å². The zero-order valence-corrected chi connectivity index (χ0v) is 17.7. The third-order valence-corrected chi connectivity index (χ3v) is 5.36. The van der Waals surface area contributed by atoms with Gasteiger partial charge < -0.3 is 4.74 Å². The fraction of sp³-hybridized carbons (Fsp3) is 0. The lowest BCUT2D eigenvalue weighted by Crippen LogP contribution is -2.02. The molecule has 5 heteroatoms. The summed E-state index contributed by atoms with van der Waals surface area (Å²) in [6.07, 6.45) is 0. The van der Waals surface area contributed by atoms with E-state index in [1.54, 1.807) is 97.1 Å². The van der Waals surface area contributed by atoms with Crippen LogP contribution in [0.1, 0.15) is 31.8 Å². The van der Waals surface area contributed by atoms with Gasteiger partial charge in [0, 0.05) is 22.3 Å². The summed E-state index contributed by atoms with van der Waals surface area (Å²) in [5.74, 6) is 0.834. The molecular formula is C26H16Cl2O3. The highest BCUT2D eigenvalue weighted by atomic mass is 35.5. The molecule has 0 radical (unpaired) electrons. The maximum absolute atomic E-state index is 12.6. The summed E-state index contributed by atoms with van der Waals surface area (Å²) in [7, 11) is 0. The van der Waals surface area contributed by atoms with Crippen LogP contribution >= 0.6 is 23.2 Å². The Kier molecular flexibility index (Phi) is 6.17. The zero-order chi connectivity index (χ0) is 21.8. The maximum Gasteiger partial charge on any atom is 0.194 e. The SMILES string of the molecule is O=C(c1ccc(Oc2ccc(C(=O)c3ccccc3Cl)cc2)cc1)c1ccccc1Cl. The van der Waals surface area contributed by atoms with Crippen LogP contribution < -0.4 is 4.74 Å². The minimum atomic E-state index is -0.153. The monoisotopic (exact) mass is 446 g/mol. The van der Waals surface area contributed by atoms with Crippen LogP contribution in [-0.2, 0) is 0 Å². The molecule has 0 amide bonds. The lowest BCUT2D eigenvalue weighted by molar-refractivity contribution is 0.103. The molecule has 31 heavy (non-hydrogen) atoms. The Labute approximate surface area is 189 Å². The van der Waals surface area contributed by atoms with E-state index in [1.165, 1.54) is 0 Å². The molecule has 3 nitrogen and oxygen atoms in total. The molecule has 4 rings (SSSR count). The first kappa shape index (κ1) is 20.9. The van der Waals surface area contributed by atoms with Gasteiger partial charge in [-0.05, 0) is 72.8 Å². The zero-order valence-electron chi connectivity index (χ0n) is 16.2. The van der Waals surface area contributed by atoms with Gasteiger partial charge in [-0.15, -0.1) is 0 Å². The lowest BCUT2D eigenvalue weighted by atomic mass is 10.0. The summed E-state index contributed by atoms with van der Waals surface area (Å²) >= 11 is 12.2. The van der Waals surface area contributed by atoms with Crippen LogP contribution in [-0.4, -0.2) is 11.6 Å². The van der Waals surface area contributed by atoms with Crippen LogP contribution in [0.2, 0.25) is 10.0 Å². The van der Waals surface area contributed by atoms with Crippen molar-refractivity contribution in [1.29, 1.82) is 0 Å². The molecule has 0 saturated carbocycles. The van der Waals surface area contributed by atoms with Gasteiger partial charge in [0.25, 0.3) is 0 Å². The molecule has 0 atom stereocenters. The molecular weight excluding hydrogens is 431 g/mol. The molecule has 0 aliphatic carbocycles. The van der Waals surface area contributed by atoms with Gasteiger partial charge in [-0.2, -0.15) is 0 Å². The highest BCUT2D eigenvalue weighted by Gasteiger charge is 2.14. The average molecular weight is 447 g/mol. The molecule has 0 fully saturated rings. The number of halogens is 2. The van der Waals surface area contributed by atoms with E-state index >= 15 is 0 Å². The predicted octanol–water partition coefficient (Wildman–Crippen LogP) is 7.25. The van der Waals surface area contributed by atoms with E-state index in [0.29, 0.717) is 43.8 Å². The van der Waals surface area contributed by atoms with Crippen molar-refractivity contribution < 1.29 is 14.3 Å². The third-order valence-electron chi connectivity index (χ3n) is 4.71. The quantitative estimate of drug-likeness (QED) is 0.293. The van der Waals surface area contributed by atoms with Gasteiger partial charge in [0.2, 0.25) is 0 Å². The smallest absolute Gasteiger partial charge is 0.194 e. The number of ketones is 2. The van der Waals surface area contributed by atoms with Crippen LogP contribution in [0.3, 0.4) is 0 Å². The fourth-order valence-electron chi connectivity index (χ4n) is 3.09. The molecule has 0 spiro atoms. The van der Waals surface area contributed by atoms with Gasteiger partial charge in [-0.3, -0.25) is 9.59 Å². The fourth-order valence-corrected chi connectivity index (χ4v) is 3.53. The topological polar surface area (TPSA) is 43.4 Å². The van der Waals surface area contributed by atoms with E-state index in [0.717, 1.165) is 0 Å². The van der Waals surface area contributed by atoms with E-state index in [1.807, 2.05) is 0 Å². The number of hydrogen-bond acceptors (Lipinski definition) is 3. The van der Waals surface area contributed by atoms with Crippen molar-refractivity contribution in [2.45, 2.75) is 0 Å². The van der Waals surface area contributed by atoms with Gasteiger partial charge in [0.15, 0.2) is 11.6 Å². The Morgan fingerprint density at radius 1 is 0.516 bits per heavy atom. The van der Waals surface area contributed by atoms with Gasteiger partial charge in [-0.25, -0.2) is 0 Å². The first-order valence-corrected chi connectivity index (χ1v) is 10.2. The minimum absolute atomic E-state index is 0.153. The lowest BCUT2D eigenvalue weighted by Gasteiger charge is -2.08. The van der Waals surface area contributed by atoms with Gasteiger partial charge in [0.1, 0.15) is 11.5 Å². The molecule has 0 heterocycles. The Bertz CT molecular complexity index is 1150. The average Bonchev–Trinajstić information content (AvgIpc) is 2.80. The minimum Gasteiger partial charge on any atom is -0.457 e. The Morgan fingerprint density at radius 2 is 0.871 bits per heavy atom. The van der Waals surface area contributed by atoms with Crippen LogP contribution in [0.4, 0.5) is 0 Å². The molecule has 0 unspecified atom stereocenters. The van der Waals surface area contributed by atoms with Crippen LogP contribution in [0.15, 0.2) is 97.1 Å². The Balaban J connectivity index is 1.46. The van der Waals surface area contributed by atoms with E-state index in [2.05, 4.69) is 0 Å². The molecule has 0 bridgehead atoms. The Hall–Kier alpha value is -3.40. The summed E-state index contributed by atoms with van der Waals surface area (Å²) in [4.78, 5) is 25.2. The summed E-state index contributed by atoms with van der Waals surface area (Å²) in [5, 5.41) is 0.832. The number of ether oxygens (including phenoxy) is 1. The molecule has 0 aliphatic heterocycles. The van der Waals surface area contributed by atoms with Gasteiger partial charge >= 0.3 is 0 Å². The molecule has 0 aromatic heterocycles. The number of carbonyl (C=O) groups excluding carboxylic acids is 2. The second-order valence-corrected chi connectivity index (χ2v) is 7.58. The van der Waals surface area contributed by atoms with Crippen molar-refractivity contribution in [2.75, 3.05) is 0 Å². The number of hydrogen-bond donors (Lipinski definition) is 0. The summed E-state index contributed by atoms with van der Waals surface area (Å²) in [6.45, 7) is 0. The highest BCUT2D eigenvalue weighted by molar-refractivity contribution is 6.35. The summed E-state index contributed by atoms with van der Waals surface area (Å²) in [6, 6.07) is 27.5. The van der Waals surface area contributed by atoms with Crippen molar-refractivity contribution in [2.24, 2.45) is 0 Å². The summed E-state index contributed by atoms with van der Waals surface area (Å²) < 4.78 is 5.83. The molecule has 4 aromatic carbocycles. The maximum atomic E-state index is 12.6. The normalized spacial score (nSPS) is 10.5. The van der Waals surface area contributed by atoms with Crippen molar-refractivity contribution in [3.05, 3.63) is 129 Å². The van der Waals surface area contributed by atoms with E-state index in [4.69, 9.17) is 27.9 Å². The molecule has 0 saturated heterocycles. The van der Waals surface area contributed by atoms with Crippen molar-refractivity contribution in [1.82, 2.24) is 0 Å². The van der Waals surface area contributed by atoms with Crippen molar-refractivity contribution in [3.8, 4) is 11.5 Å². The molecule has 0 N–H and O–H groups in total. The van der Waals surface area contributed by atoms with E-state index in [-0.39, 0.29) is 11.6 Å². The van der Waals surface area contributed by atoms with Gasteiger partial charge in [-0.1, -0.05) is 47.5 Å². The van der Waals surface area contributed by atoms with E-state index in [9.17, 15) is 9.59 Å². The van der Waals surface area contributed by atoms with E-state index < -0.39 is 0 Å². The highest BCUT2D eigenvalue weighted by Crippen LogP contribution is 2.26. The van der Waals surface area contributed by atoms with Crippen LogP contribution in [0.5, 0.6) is 11.5 Å². The first-order valence-electron chi connectivity index (χ1n) is 9.49. The van der Waals surface area contributed by atoms with Crippen molar-refractivity contribution >= 4 is 34.8 Å². The van der Waals surface area contributed by atoms with Gasteiger partial charge in [0.05, 0.1) is 10.0 Å². The Morgan fingerprint density at radius 3 is 1.23 bits per heavy atom. The standard InChI is InChI=1S/C26H16Cl2O3/c27-23-7-3-1-5-21(23)25(29)17-9-13-19(14-10-17)31-20-15-11-18(12-16-20)26(30)22-6-2-4-8-24(22)28/h1-16H. The number of benzene rings is 4. The van der Waals surface area contributed by atoms with Crippen LogP contribution in [0, 0.1) is 0 Å². The molecule has 152 valence electrons. The van der Waals surface area contributed by atoms with Crippen molar-refractivity contribution in [3.63, 3.8) is 0 Å².